The Balaban J connectivity index is 1.18. The lowest BCUT2D eigenvalue weighted by molar-refractivity contribution is -0.141. The molecule has 2 aliphatic heterocycles. The predicted molar refractivity (Wildman–Crippen MR) is 117 cm³/mol. The summed E-state index contributed by atoms with van der Waals surface area (Å²) in [6.45, 7) is 5.39. The van der Waals surface area contributed by atoms with Crippen LogP contribution >= 0.6 is 0 Å². The molecule has 0 unspecified atom stereocenters. The second kappa shape index (κ2) is 10.1. The molecule has 0 N–H and O–H groups in total. The van der Waals surface area contributed by atoms with Crippen LogP contribution in [0.5, 0.6) is 0 Å². The third kappa shape index (κ3) is 5.51. The van der Waals surface area contributed by atoms with Gasteiger partial charge in [0.15, 0.2) is 0 Å². The minimum Gasteiger partial charge on any atom is -0.421 e. The highest BCUT2D eigenvalue weighted by atomic mass is 16.4. The van der Waals surface area contributed by atoms with Crippen molar-refractivity contribution in [3.05, 3.63) is 36.2 Å². The zero-order valence-electron chi connectivity index (χ0n) is 18.3. The molecule has 2 amide bonds. The molecule has 2 aliphatic rings. The number of carbonyl (C=O) groups excluding carboxylic acids is 2. The van der Waals surface area contributed by atoms with Gasteiger partial charge in [0.25, 0.3) is 0 Å². The van der Waals surface area contributed by atoms with E-state index >= 15 is 0 Å². The molecular formula is C24H32N4O3. The first-order valence-corrected chi connectivity index (χ1v) is 11.5. The van der Waals surface area contributed by atoms with Crippen molar-refractivity contribution in [3.8, 4) is 11.5 Å². The highest BCUT2D eigenvalue weighted by Gasteiger charge is 2.31. The molecule has 2 fully saturated rings. The van der Waals surface area contributed by atoms with Crippen LogP contribution in [0.2, 0.25) is 0 Å². The maximum absolute atomic E-state index is 12.8. The van der Waals surface area contributed by atoms with Crippen molar-refractivity contribution in [1.29, 1.82) is 0 Å². The van der Waals surface area contributed by atoms with Crippen molar-refractivity contribution in [2.24, 2.45) is 11.8 Å². The van der Waals surface area contributed by atoms with Crippen LogP contribution in [0.4, 0.5) is 0 Å². The molecule has 1 aromatic carbocycles. The van der Waals surface area contributed by atoms with Crippen LogP contribution in [0, 0.1) is 11.8 Å². The second-order valence-electron chi connectivity index (χ2n) is 8.88. The average molecular weight is 425 g/mol. The summed E-state index contributed by atoms with van der Waals surface area (Å²) < 4.78 is 5.71. The number of nitrogens with zero attached hydrogens (tertiary/aromatic N) is 4. The molecule has 4 rings (SSSR count). The van der Waals surface area contributed by atoms with E-state index in [9.17, 15) is 9.59 Å². The first-order valence-electron chi connectivity index (χ1n) is 11.5. The number of benzene rings is 1. The minimum atomic E-state index is 0.0762. The number of hydrogen-bond donors (Lipinski definition) is 0. The van der Waals surface area contributed by atoms with Crippen LogP contribution in [0.25, 0.3) is 11.5 Å². The van der Waals surface area contributed by atoms with E-state index in [-0.39, 0.29) is 11.8 Å². The van der Waals surface area contributed by atoms with E-state index in [2.05, 4.69) is 17.1 Å². The molecule has 3 heterocycles. The van der Waals surface area contributed by atoms with E-state index in [4.69, 9.17) is 4.42 Å². The Morgan fingerprint density at radius 3 is 2.35 bits per heavy atom. The van der Waals surface area contributed by atoms with Crippen molar-refractivity contribution in [1.82, 2.24) is 20.0 Å². The zero-order chi connectivity index (χ0) is 21.6. The van der Waals surface area contributed by atoms with Gasteiger partial charge in [0, 0.05) is 50.5 Å². The maximum Gasteiger partial charge on any atom is 0.247 e. The molecule has 0 saturated carbocycles. The Bertz CT molecular complexity index is 866. The largest absolute Gasteiger partial charge is 0.421 e. The number of rotatable bonds is 6. The second-order valence-corrected chi connectivity index (χ2v) is 8.88. The summed E-state index contributed by atoms with van der Waals surface area (Å²) >= 11 is 0. The van der Waals surface area contributed by atoms with Gasteiger partial charge in [0.1, 0.15) is 0 Å². The van der Waals surface area contributed by atoms with Crippen LogP contribution in [-0.4, -0.2) is 58.0 Å². The SMILES string of the molecule is CC1CCN(C(=O)C2CCN(C(=O)CCCc3nnc(-c4ccccc4)o3)CC2)CC1. The van der Waals surface area contributed by atoms with Crippen molar-refractivity contribution < 1.29 is 14.0 Å². The Kier molecular flexibility index (Phi) is 6.99. The minimum absolute atomic E-state index is 0.0762. The van der Waals surface area contributed by atoms with Gasteiger partial charge in [-0.2, -0.15) is 0 Å². The maximum atomic E-state index is 12.8. The molecular weight excluding hydrogens is 392 g/mol. The fourth-order valence-corrected chi connectivity index (χ4v) is 4.46. The molecule has 2 saturated heterocycles. The Morgan fingerprint density at radius 2 is 1.65 bits per heavy atom. The molecule has 7 heteroatoms. The normalized spacial score (nSPS) is 18.4. The fourth-order valence-electron chi connectivity index (χ4n) is 4.46. The van der Waals surface area contributed by atoms with E-state index < -0.39 is 0 Å². The van der Waals surface area contributed by atoms with E-state index in [1.165, 1.54) is 0 Å². The van der Waals surface area contributed by atoms with E-state index in [1.807, 2.05) is 40.1 Å². The zero-order valence-corrected chi connectivity index (χ0v) is 18.3. The van der Waals surface area contributed by atoms with Crippen LogP contribution in [0.1, 0.15) is 51.3 Å². The highest BCUT2D eigenvalue weighted by molar-refractivity contribution is 5.80. The monoisotopic (exact) mass is 424 g/mol. The number of carbonyl (C=O) groups is 2. The topological polar surface area (TPSA) is 79.5 Å². The molecule has 0 atom stereocenters. The number of amides is 2. The Morgan fingerprint density at radius 1 is 0.968 bits per heavy atom. The van der Waals surface area contributed by atoms with Crippen LogP contribution < -0.4 is 0 Å². The van der Waals surface area contributed by atoms with Crippen LogP contribution in [0.3, 0.4) is 0 Å². The van der Waals surface area contributed by atoms with Gasteiger partial charge in [0.05, 0.1) is 0 Å². The summed E-state index contributed by atoms with van der Waals surface area (Å²) in [5.74, 6) is 2.32. The number of aromatic nitrogens is 2. The fraction of sp³-hybridized carbons (Fsp3) is 0.583. The molecule has 2 aromatic rings. The summed E-state index contributed by atoms with van der Waals surface area (Å²) in [5, 5.41) is 8.19. The lowest BCUT2D eigenvalue weighted by Crippen LogP contribution is -2.46. The van der Waals surface area contributed by atoms with E-state index in [1.54, 1.807) is 0 Å². The molecule has 1 aromatic heterocycles. The summed E-state index contributed by atoms with van der Waals surface area (Å²) in [5.41, 5.74) is 0.897. The van der Waals surface area contributed by atoms with Gasteiger partial charge in [0.2, 0.25) is 23.6 Å². The smallest absolute Gasteiger partial charge is 0.247 e. The first-order chi connectivity index (χ1) is 15.1. The Hall–Kier alpha value is -2.70. The van der Waals surface area contributed by atoms with Gasteiger partial charge in [-0.15, -0.1) is 10.2 Å². The van der Waals surface area contributed by atoms with Gasteiger partial charge < -0.3 is 14.2 Å². The van der Waals surface area contributed by atoms with Crippen LogP contribution in [0.15, 0.2) is 34.7 Å². The number of aryl methyl sites for hydroxylation is 1. The van der Waals surface area contributed by atoms with Crippen LogP contribution in [-0.2, 0) is 16.0 Å². The van der Waals surface area contributed by atoms with Crippen molar-refractivity contribution in [2.45, 2.75) is 51.9 Å². The standard InChI is InChI=1S/C24H32N4O3/c1-18-10-14-28(15-11-18)24(30)20-12-16-27(17-13-20)22(29)9-5-8-21-25-26-23(31-21)19-6-3-2-4-7-19/h2-4,6-7,18,20H,5,8-17H2,1H3. The average Bonchev–Trinajstić information content (AvgIpc) is 3.29. The molecule has 31 heavy (non-hydrogen) atoms. The Labute approximate surface area is 183 Å². The molecule has 0 spiro atoms. The summed E-state index contributed by atoms with van der Waals surface area (Å²) in [4.78, 5) is 29.3. The molecule has 0 bridgehead atoms. The lowest BCUT2D eigenvalue weighted by atomic mass is 9.92. The number of piperidine rings is 2. The van der Waals surface area contributed by atoms with E-state index in [0.29, 0.717) is 50.0 Å². The lowest BCUT2D eigenvalue weighted by Gasteiger charge is -2.36. The summed E-state index contributed by atoms with van der Waals surface area (Å²) in [6, 6.07) is 9.67. The van der Waals surface area contributed by atoms with E-state index in [0.717, 1.165) is 50.3 Å². The number of hydrogen-bond acceptors (Lipinski definition) is 5. The number of likely N-dealkylation sites (tertiary alicyclic amines) is 2. The molecule has 0 aliphatic carbocycles. The van der Waals surface area contributed by atoms with Crippen molar-refractivity contribution in [2.75, 3.05) is 26.2 Å². The van der Waals surface area contributed by atoms with Gasteiger partial charge in [-0.05, 0) is 50.2 Å². The molecule has 0 radical (unpaired) electrons. The van der Waals surface area contributed by atoms with Gasteiger partial charge in [-0.1, -0.05) is 25.1 Å². The third-order valence-electron chi connectivity index (χ3n) is 6.56. The highest BCUT2D eigenvalue weighted by Crippen LogP contribution is 2.24. The third-order valence-corrected chi connectivity index (χ3v) is 6.56. The summed E-state index contributed by atoms with van der Waals surface area (Å²) in [7, 11) is 0. The molecule has 7 nitrogen and oxygen atoms in total. The molecule has 166 valence electrons. The van der Waals surface area contributed by atoms with Gasteiger partial charge in [-0.25, -0.2) is 0 Å². The van der Waals surface area contributed by atoms with Crippen molar-refractivity contribution >= 4 is 11.8 Å². The van der Waals surface area contributed by atoms with Crippen molar-refractivity contribution in [3.63, 3.8) is 0 Å². The summed E-state index contributed by atoms with van der Waals surface area (Å²) in [6.07, 6.45) is 5.51. The quantitative estimate of drug-likeness (QED) is 0.708. The first kappa shape index (κ1) is 21.5. The van der Waals surface area contributed by atoms with Gasteiger partial charge in [-0.3, -0.25) is 9.59 Å². The van der Waals surface area contributed by atoms with Gasteiger partial charge >= 0.3 is 0 Å². The predicted octanol–water partition coefficient (Wildman–Crippen LogP) is 3.56.